The number of ether oxygens (including phenoxy) is 1. The number of hydrogen-bond donors (Lipinski definition) is 0. The number of pyridine rings is 1. The maximum atomic E-state index is 12.7. The smallest absolute Gasteiger partial charge is 0.422 e. The predicted molar refractivity (Wildman–Crippen MR) is 101 cm³/mol. The van der Waals surface area contributed by atoms with Gasteiger partial charge in [-0.2, -0.15) is 13.2 Å². The standard InChI is InChI=1S/C20H22F3N3O3/c1-4-26(12-14-5-7-15(8-6-14)18(27)25(2)3)19(28)16-9-10-17(24-11-16)29-13-20(21,22)23/h5-11H,4,12-13H2,1-3H3. The van der Waals surface area contributed by atoms with Gasteiger partial charge in [-0.3, -0.25) is 9.59 Å². The number of alkyl halides is 3. The van der Waals surface area contributed by atoms with Crippen molar-refractivity contribution in [3.05, 3.63) is 59.3 Å². The first-order valence-electron chi connectivity index (χ1n) is 8.86. The molecule has 0 bridgehead atoms. The Morgan fingerprint density at radius 2 is 1.62 bits per heavy atom. The average molecular weight is 409 g/mol. The molecule has 29 heavy (non-hydrogen) atoms. The van der Waals surface area contributed by atoms with Gasteiger partial charge >= 0.3 is 6.18 Å². The first-order valence-corrected chi connectivity index (χ1v) is 8.86. The third-order valence-electron chi connectivity index (χ3n) is 4.02. The number of amides is 2. The van der Waals surface area contributed by atoms with Crippen LogP contribution in [0.4, 0.5) is 13.2 Å². The van der Waals surface area contributed by atoms with E-state index in [4.69, 9.17) is 0 Å². The molecule has 0 spiro atoms. The highest BCUT2D eigenvalue weighted by atomic mass is 19.4. The number of nitrogens with zero attached hydrogens (tertiary/aromatic N) is 3. The van der Waals surface area contributed by atoms with Crippen LogP contribution in [-0.4, -0.2) is 60.0 Å². The lowest BCUT2D eigenvalue weighted by Crippen LogP contribution is -2.30. The van der Waals surface area contributed by atoms with Gasteiger partial charge in [0.05, 0.1) is 5.56 Å². The normalized spacial score (nSPS) is 11.1. The van der Waals surface area contributed by atoms with Crippen LogP contribution in [0.25, 0.3) is 0 Å². The molecule has 0 N–H and O–H groups in total. The summed E-state index contributed by atoms with van der Waals surface area (Å²) >= 11 is 0. The van der Waals surface area contributed by atoms with Gasteiger partial charge in [0.25, 0.3) is 11.8 Å². The Morgan fingerprint density at radius 1 is 1.00 bits per heavy atom. The van der Waals surface area contributed by atoms with Crippen molar-refractivity contribution >= 4 is 11.8 Å². The Balaban J connectivity index is 2.04. The zero-order valence-corrected chi connectivity index (χ0v) is 16.4. The van der Waals surface area contributed by atoms with Gasteiger partial charge in [-0.15, -0.1) is 0 Å². The Kier molecular flexibility index (Phi) is 7.19. The maximum absolute atomic E-state index is 12.7. The molecular formula is C20H22F3N3O3. The highest BCUT2D eigenvalue weighted by molar-refractivity contribution is 5.94. The van der Waals surface area contributed by atoms with E-state index in [0.717, 1.165) is 5.56 Å². The lowest BCUT2D eigenvalue weighted by Gasteiger charge is -2.21. The van der Waals surface area contributed by atoms with Crippen LogP contribution in [0.2, 0.25) is 0 Å². The molecule has 1 aromatic carbocycles. The first-order chi connectivity index (χ1) is 13.6. The molecule has 0 atom stereocenters. The number of carbonyl (C=O) groups is 2. The second-order valence-corrected chi connectivity index (χ2v) is 6.50. The minimum absolute atomic E-state index is 0.112. The molecule has 0 saturated carbocycles. The third kappa shape index (κ3) is 6.48. The molecule has 2 aromatic rings. The molecule has 156 valence electrons. The van der Waals surface area contributed by atoms with Crippen molar-refractivity contribution in [3.63, 3.8) is 0 Å². The fourth-order valence-corrected chi connectivity index (χ4v) is 2.49. The van der Waals surface area contributed by atoms with Gasteiger partial charge in [-0.25, -0.2) is 4.98 Å². The molecule has 2 amide bonds. The topological polar surface area (TPSA) is 62.7 Å². The van der Waals surface area contributed by atoms with Gasteiger partial charge in [0.2, 0.25) is 5.88 Å². The van der Waals surface area contributed by atoms with Crippen LogP contribution >= 0.6 is 0 Å². The predicted octanol–water partition coefficient (Wildman–Crippen LogP) is 3.39. The van der Waals surface area contributed by atoms with E-state index in [0.29, 0.717) is 18.7 Å². The van der Waals surface area contributed by atoms with E-state index in [-0.39, 0.29) is 23.3 Å². The Hall–Kier alpha value is -3.10. The van der Waals surface area contributed by atoms with Gasteiger partial charge in [0, 0.05) is 45.0 Å². The molecule has 1 aromatic heterocycles. The average Bonchev–Trinajstić information content (AvgIpc) is 2.69. The van der Waals surface area contributed by atoms with Crippen LogP contribution < -0.4 is 4.74 Å². The molecule has 1 heterocycles. The van der Waals surface area contributed by atoms with E-state index in [1.807, 2.05) is 6.92 Å². The summed E-state index contributed by atoms with van der Waals surface area (Å²) in [5.74, 6) is -0.627. The molecule has 0 aliphatic rings. The summed E-state index contributed by atoms with van der Waals surface area (Å²) < 4.78 is 41.1. The van der Waals surface area contributed by atoms with Crippen LogP contribution in [0, 0.1) is 0 Å². The minimum Gasteiger partial charge on any atom is -0.468 e. The summed E-state index contributed by atoms with van der Waals surface area (Å²) in [7, 11) is 3.34. The monoisotopic (exact) mass is 409 g/mol. The van der Waals surface area contributed by atoms with Gasteiger partial charge in [0.1, 0.15) is 0 Å². The van der Waals surface area contributed by atoms with Crippen molar-refractivity contribution in [1.29, 1.82) is 0 Å². The number of benzene rings is 1. The highest BCUT2D eigenvalue weighted by Crippen LogP contribution is 2.18. The maximum Gasteiger partial charge on any atom is 0.422 e. The van der Waals surface area contributed by atoms with Crippen LogP contribution in [-0.2, 0) is 6.54 Å². The second-order valence-electron chi connectivity index (χ2n) is 6.50. The number of aromatic nitrogens is 1. The molecule has 6 nitrogen and oxygen atoms in total. The van der Waals surface area contributed by atoms with Crippen LogP contribution in [0.3, 0.4) is 0 Å². The summed E-state index contributed by atoms with van der Waals surface area (Å²) in [5, 5.41) is 0. The molecule has 0 fully saturated rings. The summed E-state index contributed by atoms with van der Waals surface area (Å²) in [6, 6.07) is 9.56. The molecule has 0 aliphatic heterocycles. The fourth-order valence-electron chi connectivity index (χ4n) is 2.49. The van der Waals surface area contributed by atoms with Crippen molar-refractivity contribution in [1.82, 2.24) is 14.8 Å². The lowest BCUT2D eigenvalue weighted by atomic mass is 10.1. The van der Waals surface area contributed by atoms with Crippen molar-refractivity contribution in [2.75, 3.05) is 27.2 Å². The van der Waals surface area contributed by atoms with Gasteiger partial charge in [0.15, 0.2) is 6.61 Å². The summed E-state index contributed by atoms with van der Waals surface area (Å²) in [5.41, 5.74) is 1.63. The molecule has 2 rings (SSSR count). The minimum atomic E-state index is -4.46. The summed E-state index contributed by atoms with van der Waals surface area (Å²) in [4.78, 5) is 31.4. The molecule has 0 aliphatic carbocycles. The third-order valence-corrected chi connectivity index (χ3v) is 4.02. The molecule has 0 unspecified atom stereocenters. The zero-order chi connectivity index (χ0) is 21.6. The highest BCUT2D eigenvalue weighted by Gasteiger charge is 2.28. The second kappa shape index (κ2) is 9.40. The number of carbonyl (C=O) groups excluding carboxylic acids is 2. The molecule has 0 saturated heterocycles. The van der Waals surface area contributed by atoms with Crippen molar-refractivity contribution in [2.24, 2.45) is 0 Å². The van der Waals surface area contributed by atoms with Crippen LogP contribution in [0.5, 0.6) is 5.88 Å². The number of hydrogen-bond acceptors (Lipinski definition) is 4. The Labute approximate surface area is 166 Å². The van der Waals surface area contributed by atoms with Gasteiger partial charge in [-0.1, -0.05) is 12.1 Å². The van der Waals surface area contributed by atoms with Crippen molar-refractivity contribution in [3.8, 4) is 5.88 Å². The molecular weight excluding hydrogens is 387 g/mol. The van der Waals surface area contributed by atoms with Crippen molar-refractivity contribution < 1.29 is 27.5 Å². The molecule has 0 radical (unpaired) electrons. The van der Waals surface area contributed by atoms with E-state index >= 15 is 0 Å². The molecule has 9 heteroatoms. The van der Waals surface area contributed by atoms with Crippen LogP contribution in [0.1, 0.15) is 33.2 Å². The van der Waals surface area contributed by atoms with E-state index in [1.165, 1.54) is 23.2 Å². The van der Waals surface area contributed by atoms with E-state index in [9.17, 15) is 22.8 Å². The van der Waals surface area contributed by atoms with E-state index < -0.39 is 12.8 Å². The van der Waals surface area contributed by atoms with Gasteiger partial charge in [-0.05, 0) is 30.7 Å². The van der Waals surface area contributed by atoms with Crippen molar-refractivity contribution in [2.45, 2.75) is 19.6 Å². The SMILES string of the molecule is CCN(Cc1ccc(C(=O)N(C)C)cc1)C(=O)c1ccc(OCC(F)(F)F)nc1. The summed E-state index contributed by atoms with van der Waals surface area (Å²) in [6.45, 7) is 1.11. The Morgan fingerprint density at radius 3 is 2.10 bits per heavy atom. The Bertz CT molecular complexity index is 835. The zero-order valence-electron chi connectivity index (χ0n) is 16.4. The number of rotatable bonds is 7. The quantitative estimate of drug-likeness (QED) is 0.703. The van der Waals surface area contributed by atoms with E-state index in [2.05, 4.69) is 9.72 Å². The fraction of sp³-hybridized carbons (Fsp3) is 0.350. The van der Waals surface area contributed by atoms with Crippen LogP contribution in [0.15, 0.2) is 42.6 Å². The lowest BCUT2D eigenvalue weighted by molar-refractivity contribution is -0.154. The first kappa shape index (κ1) is 22.2. The largest absolute Gasteiger partial charge is 0.468 e. The van der Waals surface area contributed by atoms with E-state index in [1.54, 1.807) is 43.3 Å². The number of halogens is 3. The summed E-state index contributed by atoms with van der Waals surface area (Å²) in [6.07, 6.45) is -3.27. The van der Waals surface area contributed by atoms with Gasteiger partial charge < -0.3 is 14.5 Å².